The second-order valence-electron chi connectivity index (χ2n) is 5.90. The molecular formula is C15H27F4N. The highest BCUT2D eigenvalue weighted by atomic mass is 19.3. The van der Waals surface area contributed by atoms with E-state index in [4.69, 9.17) is 0 Å². The fourth-order valence-electron chi connectivity index (χ4n) is 2.72. The first-order chi connectivity index (χ1) is 9.52. The van der Waals surface area contributed by atoms with Crippen LogP contribution in [0.5, 0.6) is 0 Å². The van der Waals surface area contributed by atoms with E-state index < -0.39 is 18.9 Å². The SMILES string of the molecule is FC(F)C(F)(F)CNC1CCCCCCCCCCC1. The molecule has 0 aromatic carbocycles. The van der Waals surface area contributed by atoms with Gasteiger partial charge in [-0.2, -0.15) is 8.78 Å². The van der Waals surface area contributed by atoms with Crippen molar-refractivity contribution >= 4 is 0 Å². The summed E-state index contributed by atoms with van der Waals surface area (Å²) in [6.45, 7) is -0.907. The summed E-state index contributed by atoms with van der Waals surface area (Å²) >= 11 is 0. The van der Waals surface area contributed by atoms with Crippen LogP contribution in [0.3, 0.4) is 0 Å². The molecule has 0 bridgehead atoms. The Morgan fingerprint density at radius 2 is 1.20 bits per heavy atom. The van der Waals surface area contributed by atoms with Crippen molar-refractivity contribution in [2.24, 2.45) is 0 Å². The highest BCUT2D eigenvalue weighted by Gasteiger charge is 2.40. The van der Waals surface area contributed by atoms with Crippen molar-refractivity contribution in [3.8, 4) is 0 Å². The van der Waals surface area contributed by atoms with Crippen LogP contribution in [0.2, 0.25) is 0 Å². The molecule has 0 amide bonds. The predicted octanol–water partition coefficient (Wildman–Crippen LogP) is 5.15. The summed E-state index contributed by atoms with van der Waals surface area (Å²) in [7, 11) is 0. The molecule has 0 aromatic rings. The van der Waals surface area contributed by atoms with Crippen LogP contribution in [0, 0.1) is 0 Å². The lowest BCUT2D eigenvalue weighted by molar-refractivity contribution is -0.126. The molecule has 0 atom stereocenters. The van der Waals surface area contributed by atoms with Gasteiger partial charge in [-0.05, 0) is 12.8 Å². The number of halogens is 4. The highest BCUT2D eigenvalue weighted by molar-refractivity contribution is 4.76. The summed E-state index contributed by atoms with van der Waals surface area (Å²) in [5, 5.41) is 2.67. The van der Waals surface area contributed by atoms with E-state index >= 15 is 0 Å². The first kappa shape index (κ1) is 17.7. The van der Waals surface area contributed by atoms with E-state index in [0.29, 0.717) is 0 Å². The van der Waals surface area contributed by atoms with E-state index in [9.17, 15) is 17.6 Å². The van der Waals surface area contributed by atoms with Crippen LogP contribution in [0.15, 0.2) is 0 Å². The molecule has 1 aliphatic carbocycles. The van der Waals surface area contributed by atoms with Gasteiger partial charge >= 0.3 is 12.3 Å². The van der Waals surface area contributed by atoms with Crippen molar-refractivity contribution in [2.75, 3.05) is 6.54 Å². The monoisotopic (exact) mass is 297 g/mol. The van der Waals surface area contributed by atoms with Gasteiger partial charge in [0, 0.05) is 6.04 Å². The molecule has 1 fully saturated rings. The van der Waals surface area contributed by atoms with Gasteiger partial charge in [0.15, 0.2) is 0 Å². The van der Waals surface area contributed by atoms with Crippen molar-refractivity contribution in [2.45, 2.75) is 89.0 Å². The summed E-state index contributed by atoms with van der Waals surface area (Å²) in [6, 6.07) is -0.0425. The standard InChI is InChI=1S/C15H27F4N/c16-14(17)15(18,19)12-20-13-10-8-6-4-2-1-3-5-7-9-11-13/h13-14,20H,1-12H2. The van der Waals surface area contributed by atoms with Crippen LogP contribution in [0.1, 0.15) is 70.6 Å². The minimum absolute atomic E-state index is 0.0425. The largest absolute Gasteiger partial charge is 0.319 e. The maximum absolute atomic E-state index is 12.9. The zero-order valence-electron chi connectivity index (χ0n) is 12.2. The molecule has 0 radical (unpaired) electrons. The molecule has 0 aliphatic heterocycles. The van der Waals surface area contributed by atoms with Crippen molar-refractivity contribution in [3.05, 3.63) is 0 Å². The summed E-state index contributed by atoms with van der Waals surface area (Å²) in [6.07, 6.45) is 8.47. The molecule has 1 saturated carbocycles. The third-order valence-electron chi connectivity index (χ3n) is 4.05. The Labute approximate surface area is 119 Å². The molecule has 1 rings (SSSR count). The summed E-state index contributed by atoms with van der Waals surface area (Å²) in [4.78, 5) is 0. The van der Waals surface area contributed by atoms with E-state index in [1.54, 1.807) is 0 Å². The van der Waals surface area contributed by atoms with Crippen LogP contribution in [-0.2, 0) is 0 Å². The molecule has 0 aromatic heterocycles. The van der Waals surface area contributed by atoms with Gasteiger partial charge in [0.2, 0.25) is 0 Å². The second kappa shape index (κ2) is 9.59. The molecule has 1 nitrogen and oxygen atoms in total. The normalized spacial score (nSPS) is 21.4. The lowest BCUT2D eigenvalue weighted by Gasteiger charge is -2.23. The van der Waals surface area contributed by atoms with Crippen molar-refractivity contribution < 1.29 is 17.6 Å². The summed E-state index contributed by atoms with van der Waals surface area (Å²) in [5.41, 5.74) is 0. The van der Waals surface area contributed by atoms with Gasteiger partial charge in [-0.25, -0.2) is 8.78 Å². The van der Waals surface area contributed by atoms with Crippen LogP contribution in [0.25, 0.3) is 0 Å². The second-order valence-corrected chi connectivity index (χ2v) is 5.90. The van der Waals surface area contributed by atoms with Crippen molar-refractivity contribution in [1.82, 2.24) is 5.32 Å². The molecule has 0 unspecified atom stereocenters. The number of hydrogen-bond acceptors (Lipinski definition) is 1. The number of alkyl halides is 4. The number of nitrogens with one attached hydrogen (secondary N) is 1. The molecule has 5 heteroatoms. The Morgan fingerprint density at radius 3 is 1.60 bits per heavy atom. The minimum Gasteiger partial charge on any atom is -0.308 e. The van der Waals surface area contributed by atoms with Gasteiger partial charge in [-0.15, -0.1) is 0 Å². The van der Waals surface area contributed by atoms with Crippen LogP contribution >= 0.6 is 0 Å². The molecular weight excluding hydrogens is 270 g/mol. The molecule has 1 aliphatic rings. The van der Waals surface area contributed by atoms with Gasteiger partial charge in [-0.3, -0.25) is 0 Å². The van der Waals surface area contributed by atoms with E-state index in [1.807, 2.05) is 0 Å². The predicted molar refractivity (Wildman–Crippen MR) is 73.5 cm³/mol. The fourth-order valence-corrected chi connectivity index (χ4v) is 2.72. The molecule has 0 heterocycles. The lowest BCUT2D eigenvalue weighted by Crippen LogP contribution is -2.43. The van der Waals surface area contributed by atoms with E-state index in [-0.39, 0.29) is 6.04 Å². The van der Waals surface area contributed by atoms with Crippen molar-refractivity contribution in [3.63, 3.8) is 0 Å². The quantitative estimate of drug-likeness (QED) is 0.708. The fraction of sp³-hybridized carbons (Fsp3) is 1.00. The summed E-state index contributed by atoms with van der Waals surface area (Å²) in [5.74, 6) is -3.91. The Kier molecular flexibility index (Phi) is 8.50. The van der Waals surface area contributed by atoms with Gasteiger partial charge in [-0.1, -0.05) is 57.8 Å². The average molecular weight is 297 g/mol. The number of rotatable bonds is 4. The Balaban J connectivity index is 2.35. The highest BCUT2D eigenvalue weighted by Crippen LogP contribution is 2.23. The zero-order chi connectivity index (χ0) is 14.8. The van der Waals surface area contributed by atoms with Crippen LogP contribution in [0.4, 0.5) is 17.6 Å². The van der Waals surface area contributed by atoms with Gasteiger partial charge in [0.1, 0.15) is 0 Å². The zero-order valence-corrected chi connectivity index (χ0v) is 12.2. The van der Waals surface area contributed by atoms with Crippen molar-refractivity contribution in [1.29, 1.82) is 0 Å². The first-order valence-corrected chi connectivity index (χ1v) is 7.92. The molecule has 120 valence electrons. The topological polar surface area (TPSA) is 12.0 Å². The Hall–Kier alpha value is -0.320. The average Bonchev–Trinajstić information content (AvgIpc) is 2.38. The Morgan fingerprint density at radius 1 is 0.800 bits per heavy atom. The molecule has 20 heavy (non-hydrogen) atoms. The first-order valence-electron chi connectivity index (χ1n) is 7.92. The minimum atomic E-state index is -3.91. The van der Waals surface area contributed by atoms with E-state index in [1.165, 1.54) is 32.1 Å². The smallest absolute Gasteiger partial charge is 0.308 e. The third-order valence-corrected chi connectivity index (χ3v) is 4.05. The van der Waals surface area contributed by atoms with E-state index in [0.717, 1.165) is 38.5 Å². The molecule has 0 spiro atoms. The van der Waals surface area contributed by atoms with Crippen LogP contribution < -0.4 is 5.32 Å². The summed E-state index contributed by atoms with van der Waals surface area (Å²) < 4.78 is 50.1. The Bertz CT molecular complexity index is 234. The van der Waals surface area contributed by atoms with Crippen LogP contribution in [-0.4, -0.2) is 24.9 Å². The maximum atomic E-state index is 12.9. The van der Waals surface area contributed by atoms with Gasteiger partial charge in [0.25, 0.3) is 0 Å². The maximum Gasteiger partial charge on any atom is 0.319 e. The number of hydrogen-bond donors (Lipinski definition) is 1. The third kappa shape index (κ3) is 7.46. The molecule has 1 N–H and O–H groups in total. The van der Waals surface area contributed by atoms with Gasteiger partial charge in [0.05, 0.1) is 6.54 Å². The molecule has 0 saturated heterocycles. The van der Waals surface area contributed by atoms with E-state index in [2.05, 4.69) is 5.32 Å². The lowest BCUT2D eigenvalue weighted by atomic mass is 9.98. The van der Waals surface area contributed by atoms with Gasteiger partial charge < -0.3 is 5.32 Å².